The molecule has 4 aliphatic carbocycles. The third kappa shape index (κ3) is 2.54. The lowest BCUT2D eigenvalue weighted by molar-refractivity contribution is -0.146. The van der Waals surface area contributed by atoms with E-state index in [1.54, 1.807) is 31.4 Å². The number of carbonyl (C=O) groups excluding carboxylic acids is 4. The fraction of sp³-hybridized carbons (Fsp3) is 0.538. The summed E-state index contributed by atoms with van der Waals surface area (Å²) in [4.78, 5) is 56.1. The van der Waals surface area contributed by atoms with Gasteiger partial charge in [0.25, 0.3) is 0 Å². The van der Waals surface area contributed by atoms with E-state index in [0.717, 1.165) is 12.8 Å². The van der Waals surface area contributed by atoms with Crippen molar-refractivity contribution >= 4 is 29.4 Å². The van der Waals surface area contributed by atoms with Gasteiger partial charge in [0.05, 0.1) is 30.8 Å². The van der Waals surface area contributed by atoms with Crippen LogP contribution in [-0.2, 0) is 23.9 Å². The van der Waals surface area contributed by atoms with E-state index in [2.05, 4.69) is 12.2 Å². The number of allylic oxidation sites excluding steroid dienone is 2. The van der Waals surface area contributed by atoms with E-state index in [4.69, 9.17) is 9.47 Å². The lowest BCUT2D eigenvalue weighted by atomic mass is 9.79. The predicted molar refractivity (Wildman–Crippen MR) is 118 cm³/mol. The van der Waals surface area contributed by atoms with E-state index in [1.807, 2.05) is 0 Å². The third-order valence-corrected chi connectivity index (χ3v) is 9.26. The van der Waals surface area contributed by atoms with Gasteiger partial charge in [-0.15, -0.1) is 0 Å². The minimum Gasteiger partial charge on any atom is -0.497 e. The number of imide groups is 1. The minimum absolute atomic E-state index is 0.0647. The van der Waals surface area contributed by atoms with Crippen molar-refractivity contribution in [1.29, 1.82) is 0 Å². The van der Waals surface area contributed by atoms with Crippen molar-refractivity contribution in [2.75, 3.05) is 18.7 Å². The third-order valence-electron chi connectivity index (χ3n) is 9.26. The Balaban J connectivity index is 1.22. The molecular formula is C26H26N2O6. The highest BCUT2D eigenvalue weighted by molar-refractivity contribution is 6.08. The Morgan fingerprint density at radius 1 is 1.00 bits per heavy atom. The number of esters is 1. The van der Waals surface area contributed by atoms with Crippen LogP contribution in [0.5, 0.6) is 5.75 Å². The topological polar surface area (TPSA) is 93.2 Å². The molecule has 3 amide bonds. The Kier molecular flexibility index (Phi) is 4.12. The van der Waals surface area contributed by atoms with Crippen LogP contribution in [0.3, 0.4) is 0 Å². The summed E-state index contributed by atoms with van der Waals surface area (Å²) in [5, 5.41) is 0. The van der Waals surface area contributed by atoms with E-state index >= 15 is 0 Å². The smallest absolute Gasteiger partial charge is 0.310 e. The quantitative estimate of drug-likeness (QED) is 0.378. The van der Waals surface area contributed by atoms with Crippen LogP contribution in [0.25, 0.3) is 0 Å². The number of nitrogens with zero attached hydrogens (tertiary/aromatic N) is 2. The highest BCUT2D eigenvalue weighted by atomic mass is 16.6. The molecule has 6 aliphatic rings. The van der Waals surface area contributed by atoms with Crippen LogP contribution in [-0.4, -0.2) is 48.5 Å². The van der Waals surface area contributed by atoms with Crippen molar-refractivity contribution < 1.29 is 28.7 Å². The number of likely N-dealkylation sites (tertiary alicyclic amines) is 1. The van der Waals surface area contributed by atoms with E-state index in [-0.39, 0.29) is 72.0 Å². The lowest BCUT2D eigenvalue weighted by Gasteiger charge is -2.33. The Hall–Kier alpha value is -3.16. The molecule has 1 aromatic rings. The maximum Gasteiger partial charge on any atom is 0.310 e. The molecule has 176 valence electrons. The van der Waals surface area contributed by atoms with Gasteiger partial charge < -0.3 is 9.47 Å². The molecule has 8 heteroatoms. The van der Waals surface area contributed by atoms with Crippen LogP contribution in [0, 0.1) is 47.3 Å². The number of methoxy groups -OCH3 is 1. The molecule has 3 saturated carbocycles. The van der Waals surface area contributed by atoms with Gasteiger partial charge in [0.15, 0.2) is 0 Å². The van der Waals surface area contributed by atoms with E-state index in [0.29, 0.717) is 17.9 Å². The summed E-state index contributed by atoms with van der Waals surface area (Å²) in [7, 11) is 1.57. The van der Waals surface area contributed by atoms with Gasteiger partial charge in [0.2, 0.25) is 17.7 Å². The highest BCUT2D eigenvalue weighted by Gasteiger charge is 2.65. The molecule has 2 saturated heterocycles. The second-order valence-electron chi connectivity index (χ2n) is 10.6. The minimum atomic E-state index is -0.483. The zero-order chi connectivity index (χ0) is 23.3. The average molecular weight is 463 g/mol. The Morgan fingerprint density at radius 2 is 1.68 bits per heavy atom. The monoisotopic (exact) mass is 462 g/mol. The Morgan fingerprint density at radius 3 is 2.32 bits per heavy atom. The summed E-state index contributed by atoms with van der Waals surface area (Å²) in [6.45, 7) is -0.131. The summed E-state index contributed by atoms with van der Waals surface area (Å²) in [5.41, 5.74) is 0.579. The van der Waals surface area contributed by atoms with Crippen LogP contribution in [0.2, 0.25) is 0 Å². The molecule has 0 spiro atoms. The largest absolute Gasteiger partial charge is 0.497 e. The summed E-state index contributed by atoms with van der Waals surface area (Å²) < 4.78 is 10.8. The van der Waals surface area contributed by atoms with Gasteiger partial charge in [-0.1, -0.05) is 12.2 Å². The first-order valence-corrected chi connectivity index (χ1v) is 12.2. The number of anilines is 1. The second kappa shape index (κ2) is 6.93. The normalized spacial score (nSPS) is 40.3. The number of hydrogen-bond acceptors (Lipinski definition) is 6. The SMILES string of the molecule is COc1ccc(N(CN2C(=O)[C@@H]3[C@H](C2=O)[C@H]2C=C[C@H]3C2)C(=O)[C@@H]2[C@@H]3C[C@@H]4[C@H]2C(=O)O[C@@H]4C3)cc1. The number of carbonyl (C=O) groups is 4. The fourth-order valence-electron chi connectivity index (χ4n) is 7.81. The molecule has 0 radical (unpaired) electrons. The summed E-state index contributed by atoms with van der Waals surface area (Å²) in [6.07, 6.45) is 6.44. The number of ether oxygens (including phenoxy) is 2. The van der Waals surface area contributed by atoms with Gasteiger partial charge in [0.1, 0.15) is 18.5 Å². The number of amides is 3. The van der Waals surface area contributed by atoms with Gasteiger partial charge in [-0.3, -0.25) is 29.0 Å². The van der Waals surface area contributed by atoms with Crippen LogP contribution < -0.4 is 9.64 Å². The first-order chi connectivity index (χ1) is 16.5. The fourth-order valence-corrected chi connectivity index (χ4v) is 7.81. The molecule has 4 bridgehead atoms. The highest BCUT2D eigenvalue weighted by Crippen LogP contribution is 2.58. The van der Waals surface area contributed by atoms with Crippen molar-refractivity contribution in [3.05, 3.63) is 36.4 Å². The van der Waals surface area contributed by atoms with Gasteiger partial charge >= 0.3 is 5.97 Å². The van der Waals surface area contributed by atoms with Crippen molar-refractivity contribution in [3.63, 3.8) is 0 Å². The van der Waals surface area contributed by atoms with E-state index in [1.165, 1.54) is 9.80 Å². The predicted octanol–water partition coefficient (Wildman–Crippen LogP) is 1.99. The van der Waals surface area contributed by atoms with Crippen LogP contribution in [0.4, 0.5) is 5.69 Å². The molecule has 5 fully saturated rings. The second-order valence-corrected chi connectivity index (χ2v) is 10.6. The Bertz CT molecular complexity index is 1110. The van der Waals surface area contributed by atoms with Crippen LogP contribution in [0.1, 0.15) is 19.3 Å². The number of fused-ring (bicyclic) bond motifs is 6. The number of hydrogen-bond donors (Lipinski definition) is 0. The van der Waals surface area contributed by atoms with Crippen molar-refractivity contribution in [1.82, 2.24) is 4.90 Å². The van der Waals surface area contributed by atoms with Crippen LogP contribution in [0.15, 0.2) is 36.4 Å². The Labute approximate surface area is 196 Å². The molecule has 8 nitrogen and oxygen atoms in total. The molecule has 0 aromatic heterocycles. The zero-order valence-corrected chi connectivity index (χ0v) is 18.8. The maximum atomic E-state index is 14.0. The molecule has 7 rings (SSSR count). The van der Waals surface area contributed by atoms with Crippen molar-refractivity contribution in [3.8, 4) is 5.75 Å². The maximum absolute atomic E-state index is 14.0. The number of benzene rings is 1. The van der Waals surface area contributed by atoms with Crippen molar-refractivity contribution in [2.45, 2.75) is 25.4 Å². The number of rotatable bonds is 5. The molecule has 34 heavy (non-hydrogen) atoms. The summed E-state index contributed by atoms with van der Waals surface area (Å²) >= 11 is 0. The summed E-state index contributed by atoms with van der Waals surface area (Å²) in [6, 6.07) is 7.03. The molecular weight excluding hydrogens is 436 g/mol. The standard InChI is InChI=1S/C26H26N2O6/c1-33-16-6-4-15(5-7-16)27(23(29)21-14-9-17-18(10-14)34-26(32)22(17)21)11-28-24(30)19-12-2-3-13(8-12)20(19)25(28)31/h2-7,12-14,17-22H,8-11H2,1H3/t12-,13-,14+,17-,18+,19-,20+,21+,22+/m0/s1. The zero-order valence-electron chi connectivity index (χ0n) is 18.8. The van der Waals surface area contributed by atoms with Gasteiger partial charge in [-0.05, 0) is 61.3 Å². The summed E-state index contributed by atoms with van der Waals surface area (Å²) in [5.74, 6) is -1.37. The molecule has 2 heterocycles. The first-order valence-electron chi connectivity index (χ1n) is 12.2. The van der Waals surface area contributed by atoms with E-state index in [9.17, 15) is 19.2 Å². The van der Waals surface area contributed by atoms with Gasteiger partial charge in [0, 0.05) is 11.6 Å². The average Bonchev–Trinajstić information content (AvgIpc) is 3.66. The first kappa shape index (κ1) is 20.2. The molecule has 1 aromatic carbocycles. The molecule has 2 aliphatic heterocycles. The van der Waals surface area contributed by atoms with Gasteiger partial charge in [-0.2, -0.15) is 0 Å². The molecule has 0 N–H and O–H groups in total. The molecule has 0 unspecified atom stereocenters. The van der Waals surface area contributed by atoms with Crippen molar-refractivity contribution in [2.24, 2.45) is 47.3 Å². The van der Waals surface area contributed by atoms with Gasteiger partial charge in [-0.25, -0.2) is 0 Å². The molecule has 9 atom stereocenters. The van der Waals surface area contributed by atoms with Crippen LogP contribution >= 0.6 is 0 Å². The lowest BCUT2D eigenvalue weighted by Crippen LogP contribution is -2.49. The van der Waals surface area contributed by atoms with E-state index < -0.39 is 11.8 Å².